The van der Waals surface area contributed by atoms with E-state index < -0.39 is 18.2 Å². The normalized spacial score (nSPS) is 11.5. The lowest BCUT2D eigenvalue weighted by molar-refractivity contribution is -0.147. The summed E-state index contributed by atoms with van der Waals surface area (Å²) in [7, 11) is 0. The SMILES string of the molecule is CCCOC(=O)OC(CCl)CC(=O)OCc1ccccc1. The van der Waals surface area contributed by atoms with Crippen LogP contribution in [0.15, 0.2) is 30.3 Å². The molecule has 0 fully saturated rings. The highest BCUT2D eigenvalue weighted by Crippen LogP contribution is 2.07. The molecular formula is C15H19ClO5. The molecule has 0 radical (unpaired) electrons. The van der Waals surface area contributed by atoms with Crippen LogP contribution in [-0.4, -0.2) is 30.7 Å². The second kappa shape index (κ2) is 10.0. The molecule has 0 spiro atoms. The molecule has 1 aromatic carbocycles. The molecular weight excluding hydrogens is 296 g/mol. The standard InChI is InChI=1S/C15H19ClO5/c1-2-8-19-15(18)21-13(10-16)9-14(17)20-11-12-6-4-3-5-7-12/h3-7,13H,2,8-11H2,1H3. The molecule has 0 bridgehead atoms. The molecule has 0 aliphatic heterocycles. The Balaban J connectivity index is 2.31. The Hall–Kier alpha value is -1.75. The number of esters is 1. The van der Waals surface area contributed by atoms with Crippen molar-refractivity contribution in [1.29, 1.82) is 0 Å². The summed E-state index contributed by atoms with van der Waals surface area (Å²) in [6.07, 6.45) is -0.977. The first-order chi connectivity index (χ1) is 10.2. The summed E-state index contributed by atoms with van der Waals surface area (Å²) >= 11 is 5.67. The molecule has 1 rings (SSSR count). The van der Waals surface area contributed by atoms with Crippen molar-refractivity contribution in [2.45, 2.75) is 32.5 Å². The molecule has 5 nitrogen and oxygen atoms in total. The van der Waals surface area contributed by atoms with Gasteiger partial charge in [-0.25, -0.2) is 4.79 Å². The number of ether oxygens (including phenoxy) is 3. The smallest absolute Gasteiger partial charge is 0.461 e. The lowest BCUT2D eigenvalue weighted by Crippen LogP contribution is -2.24. The Bertz CT molecular complexity index is 435. The van der Waals surface area contributed by atoms with Crippen molar-refractivity contribution < 1.29 is 23.8 Å². The fourth-order valence-electron chi connectivity index (χ4n) is 1.47. The first kappa shape index (κ1) is 17.3. The number of benzene rings is 1. The molecule has 0 heterocycles. The average molecular weight is 315 g/mol. The summed E-state index contributed by atoms with van der Waals surface area (Å²) in [6, 6.07) is 9.30. The maximum absolute atomic E-state index is 11.7. The maximum Gasteiger partial charge on any atom is 0.508 e. The highest BCUT2D eigenvalue weighted by Gasteiger charge is 2.19. The Morgan fingerprint density at radius 3 is 2.52 bits per heavy atom. The Morgan fingerprint density at radius 1 is 1.19 bits per heavy atom. The summed E-state index contributed by atoms with van der Waals surface area (Å²) in [4.78, 5) is 22.9. The first-order valence-electron chi connectivity index (χ1n) is 6.74. The monoisotopic (exact) mass is 314 g/mol. The minimum absolute atomic E-state index is 0.00165. The van der Waals surface area contributed by atoms with Crippen LogP contribution in [0, 0.1) is 0 Å². The van der Waals surface area contributed by atoms with Crippen LogP contribution in [0.1, 0.15) is 25.3 Å². The van der Waals surface area contributed by atoms with Gasteiger partial charge in [-0.15, -0.1) is 11.6 Å². The van der Waals surface area contributed by atoms with Crippen LogP contribution < -0.4 is 0 Å². The predicted octanol–water partition coefficient (Wildman–Crippen LogP) is 3.29. The van der Waals surface area contributed by atoms with Crippen molar-refractivity contribution in [1.82, 2.24) is 0 Å². The van der Waals surface area contributed by atoms with E-state index in [0.717, 1.165) is 5.56 Å². The van der Waals surface area contributed by atoms with E-state index in [1.54, 1.807) is 0 Å². The molecule has 0 amide bonds. The van der Waals surface area contributed by atoms with E-state index in [-0.39, 0.29) is 25.5 Å². The second-order valence-corrected chi connectivity index (χ2v) is 4.65. The van der Waals surface area contributed by atoms with Crippen LogP contribution in [0.5, 0.6) is 0 Å². The predicted molar refractivity (Wildman–Crippen MR) is 78.1 cm³/mol. The lowest BCUT2D eigenvalue weighted by Gasteiger charge is -2.14. The number of hydrogen-bond donors (Lipinski definition) is 0. The summed E-state index contributed by atoms with van der Waals surface area (Å²) < 4.78 is 14.8. The van der Waals surface area contributed by atoms with Crippen LogP contribution in [-0.2, 0) is 25.6 Å². The van der Waals surface area contributed by atoms with Crippen LogP contribution in [0.4, 0.5) is 4.79 Å². The third kappa shape index (κ3) is 7.56. The zero-order valence-corrected chi connectivity index (χ0v) is 12.7. The number of rotatable bonds is 8. The molecule has 1 atom stereocenters. The number of alkyl halides is 1. The van der Waals surface area contributed by atoms with Gasteiger partial charge in [0.25, 0.3) is 0 Å². The van der Waals surface area contributed by atoms with E-state index in [2.05, 4.69) is 0 Å². The summed E-state index contributed by atoms with van der Waals surface area (Å²) in [5, 5.41) is 0. The van der Waals surface area contributed by atoms with Crippen molar-refractivity contribution >= 4 is 23.7 Å². The van der Waals surface area contributed by atoms with E-state index in [1.807, 2.05) is 37.3 Å². The van der Waals surface area contributed by atoms with Gasteiger partial charge in [-0.1, -0.05) is 37.3 Å². The fourth-order valence-corrected chi connectivity index (χ4v) is 1.64. The van der Waals surface area contributed by atoms with Gasteiger partial charge in [0, 0.05) is 0 Å². The van der Waals surface area contributed by atoms with E-state index in [1.165, 1.54) is 0 Å². The number of halogens is 1. The Labute approximate surface area is 129 Å². The van der Waals surface area contributed by atoms with Gasteiger partial charge in [0.05, 0.1) is 18.9 Å². The van der Waals surface area contributed by atoms with E-state index >= 15 is 0 Å². The van der Waals surface area contributed by atoms with Gasteiger partial charge in [0.2, 0.25) is 0 Å². The molecule has 0 aliphatic rings. The molecule has 21 heavy (non-hydrogen) atoms. The Kier molecular flexibility index (Phi) is 8.28. The molecule has 0 saturated heterocycles. The van der Waals surface area contributed by atoms with Gasteiger partial charge >= 0.3 is 12.1 Å². The van der Waals surface area contributed by atoms with E-state index in [9.17, 15) is 9.59 Å². The van der Waals surface area contributed by atoms with Crippen molar-refractivity contribution in [2.75, 3.05) is 12.5 Å². The minimum atomic E-state index is -0.821. The average Bonchev–Trinajstić information content (AvgIpc) is 2.51. The lowest BCUT2D eigenvalue weighted by atomic mass is 10.2. The molecule has 0 N–H and O–H groups in total. The van der Waals surface area contributed by atoms with Crippen molar-refractivity contribution in [3.8, 4) is 0 Å². The van der Waals surface area contributed by atoms with Crippen LogP contribution in [0.25, 0.3) is 0 Å². The molecule has 0 aliphatic carbocycles. The number of carbonyl (C=O) groups excluding carboxylic acids is 2. The molecule has 0 aromatic heterocycles. The van der Waals surface area contributed by atoms with Crippen LogP contribution >= 0.6 is 11.6 Å². The van der Waals surface area contributed by atoms with Gasteiger partial charge in [-0.2, -0.15) is 0 Å². The highest BCUT2D eigenvalue weighted by atomic mass is 35.5. The molecule has 1 unspecified atom stereocenters. The zero-order chi connectivity index (χ0) is 15.5. The third-order valence-electron chi connectivity index (χ3n) is 2.50. The van der Waals surface area contributed by atoms with Gasteiger partial charge in [0.15, 0.2) is 0 Å². The molecule has 116 valence electrons. The Morgan fingerprint density at radius 2 is 1.90 bits per heavy atom. The van der Waals surface area contributed by atoms with Crippen molar-refractivity contribution in [2.24, 2.45) is 0 Å². The second-order valence-electron chi connectivity index (χ2n) is 4.34. The maximum atomic E-state index is 11.7. The van der Waals surface area contributed by atoms with E-state index in [4.69, 9.17) is 25.8 Å². The summed E-state index contributed by atoms with van der Waals surface area (Å²) in [5.74, 6) is -0.477. The van der Waals surface area contributed by atoms with Crippen molar-refractivity contribution in [3.05, 3.63) is 35.9 Å². The van der Waals surface area contributed by atoms with Crippen molar-refractivity contribution in [3.63, 3.8) is 0 Å². The fraction of sp³-hybridized carbons (Fsp3) is 0.467. The quantitative estimate of drug-likeness (QED) is 0.544. The zero-order valence-electron chi connectivity index (χ0n) is 11.9. The van der Waals surface area contributed by atoms with Gasteiger partial charge < -0.3 is 14.2 Å². The molecule has 6 heteroatoms. The highest BCUT2D eigenvalue weighted by molar-refractivity contribution is 6.18. The largest absolute Gasteiger partial charge is 0.508 e. The summed E-state index contributed by atoms with van der Waals surface area (Å²) in [5.41, 5.74) is 0.886. The van der Waals surface area contributed by atoms with Crippen LogP contribution in [0.2, 0.25) is 0 Å². The van der Waals surface area contributed by atoms with E-state index in [0.29, 0.717) is 6.42 Å². The van der Waals surface area contributed by atoms with Gasteiger partial charge in [0.1, 0.15) is 12.7 Å². The first-order valence-corrected chi connectivity index (χ1v) is 7.28. The van der Waals surface area contributed by atoms with Gasteiger partial charge in [-0.3, -0.25) is 4.79 Å². The minimum Gasteiger partial charge on any atom is -0.461 e. The van der Waals surface area contributed by atoms with Gasteiger partial charge in [-0.05, 0) is 12.0 Å². The summed E-state index contributed by atoms with van der Waals surface area (Å²) in [6.45, 7) is 2.31. The number of carbonyl (C=O) groups is 2. The van der Waals surface area contributed by atoms with Crippen LogP contribution in [0.3, 0.4) is 0 Å². The topological polar surface area (TPSA) is 61.8 Å². The third-order valence-corrected chi connectivity index (χ3v) is 2.84. The molecule has 0 saturated carbocycles. The molecule has 1 aromatic rings. The number of hydrogen-bond acceptors (Lipinski definition) is 5.